The van der Waals surface area contributed by atoms with Crippen molar-refractivity contribution in [1.29, 1.82) is 0 Å². The fourth-order valence-electron chi connectivity index (χ4n) is 5.29. The van der Waals surface area contributed by atoms with Crippen molar-refractivity contribution in [3.05, 3.63) is 35.9 Å². The highest BCUT2D eigenvalue weighted by Gasteiger charge is 2.68. The van der Waals surface area contributed by atoms with Crippen LogP contribution in [0.1, 0.15) is 31.7 Å². The van der Waals surface area contributed by atoms with Gasteiger partial charge >= 0.3 is 12.1 Å². The van der Waals surface area contributed by atoms with E-state index in [-0.39, 0.29) is 41.8 Å². The van der Waals surface area contributed by atoms with E-state index in [0.29, 0.717) is 19.4 Å². The third-order valence-electron chi connectivity index (χ3n) is 6.62. The monoisotopic (exact) mass is 371 g/mol. The number of esters is 1. The van der Waals surface area contributed by atoms with Gasteiger partial charge in [0.1, 0.15) is 18.3 Å². The molecule has 3 fully saturated rings. The second kappa shape index (κ2) is 6.66. The van der Waals surface area contributed by atoms with Gasteiger partial charge in [-0.3, -0.25) is 9.59 Å². The summed E-state index contributed by atoms with van der Waals surface area (Å²) in [7, 11) is 1.34. The molecule has 4 rings (SSSR count). The number of carbonyl (C=O) groups excluding carboxylic acids is 3. The highest BCUT2D eigenvalue weighted by molar-refractivity contribution is 6.03. The van der Waals surface area contributed by atoms with Crippen molar-refractivity contribution in [2.24, 2.45) is 23.2 Å². The van der Waals surface area contributed by atoms with E-state index in [0.717, 1.165) is 12.0 Å². The predicted molar refractivity (Wildman–Crippen MR) is 96.6 cm³/mol. The Balaban J connectivity index is 1.44. The van der Waals surface area contributed by atoms with Crippen molar-refractivity contribution in [3.63, 3.8) is 0 Å². The number of hydrogen-bond acceptors (Lipinski definition) is 5. The van der Waals surface area contributed by atoms with E-state index < -0.39 is 11.9 Å². The third kappa shape index (κ3) is 2.91. The first-order valence-corrected chi connectivity index (χ1v) is 9.57. The Bertz CT molecular complexity index is 763. The molecule has 0 radical (unpaired) electrons. The first kappa shape index (κ1) is 18.0. The smallest absolute Gasteiger partial charge is 0.410 e. The molecule has 144 valence electrons. The Morgan fingerprint density at radius 2 is 2.00 bits per heavy atom. The minimum absolute atomic E-state index is 0.00685. The molecule has 2 saturated carbocycles. The van der Waals surface area contributed by atoms with Crippen LogP contribution in [0.5, 0.6) is 0 Å². The van der Waals surface area contributed by atoms with Crippen LogP contribution < -0.4 is 0 Å². The van der Waals surface area contributed by atoms with Gasteiger partial charge in [0.2, 0.25) is 0 Å². The topological polar surface area (TPSA) is 72.9 Å². The Labute approximate surface area is 158 Å². The maximum absolute atomic E-state index is 12.6. The van der Waals surface area contributed by atoms with Crippen molar-refractivity contribution in [2.75, 3.05) is 13.7 Å². The molecule has 1 saturated heterocycles. The average molecular weight is 371 g/mol. The van der Waals surface area contributed by atoms with Gasteiger partial charge in [-0.25, -0.2) is 4.79 Å². The number of ether oxygens (including phenoxy) is 2. The maximum Gasteiger partial charge on any atom is 0.410 e. The Hall–Kier alpha value is -2.37. The summed E-state index contributed by atoms with van der Waals surface area (Å²) in [6, 6.07) is 9.65. The van der Waals surface area contributed by atoms with E-state index in [4.69, 9.17) is 9.47 Å². The summed E-state index contributed by atoms with van der Waals surface area (Å²) in [5, 5.41) is 0. The van der Waals surface area contributed by atoms with Crippen molar-refractivity contribution in [3.8, 4) is 0 Å². The van der Waals surface area contributed by atoms with Gasteiger partial charge < -0.3 is 14.4 Å². The second-order valence-corrected chi connectivity index (χ2v) is 8.09. The number of hydrogen-bond donors (Lipinski definition) is 0. The summed E-state index contributed by atoms with van der Waals surface area (Å²) in [4.78, 5) is 39.3. The summed E-state index contributed by atoms with van der Waals surface area (Å²) >= 11 is 0. The van der Waals surface area contributed by atoms with Crippen molar-refractivity contribution in [1.82, 2.24) is 4.90 Å². The molecule has 0 aromatic heterocycles. The van der Waals surface area contributed by atoms with E-state index in [9.17, 15) is 14.4 Å². The molecule has 5 atom stereocenters. The zero-order chi connectivity index (χ0) is 19.2. The summed E-state index contributed by atoms with van der Waals surface area (Å²) in [5.74, 6) is -1.07. The summed E-state index contributed by atoms with van der Waals surface area (Å²) in [6.45, 7) is 2.66. The fraction of sp³-hybridized carbons (Fsp3) is 0.571. The number of carbonyl (C=O) groups is 3. The van der Waals surface area contributed by atoms with Crippen LogP contribution in [0.15, 0.2) is 30.3 Å². The number of ketones is 1. The molecule has 1 aromatic carbocycles. The summed E-state index contributed by atoms with van der Waals surface area (Å²) < 4.78 is 10.4. The number of likely N-dealkylation sites (tertiary alicyclic amines) is 1. The number of benzene rings is 1. The zero-order valence-electron chi connectivity index (χ0n) is 15.7. The van der Waals surface area contributed by atoms with Crippen LogP contribution in [0.4, 0.5) is 4.79 Å². The molecule has 1 spiro atoms. The highest BCUT2D eigenvalue weighted by atomic mass is 16.6. The molecule has 1 aliphatic heterocycles. The molecular weight excluding hydrogens is 346 g/mol. The lowest BCUT2D eigenvalue weighted by atomic mass is 9.69. The Morgan fingerprint density at radius 3 is 2.70 bits per heavy atom. The number of amides is 1. The van der Waals surface area contributed by atoms with Gasteiger partial charge in [0, 0.05) is 18.5 Å². The Morgan fingerprint density at radius 1 is 1.26 bits per heavy atom. The number of Topliss-reactive ketones (excluding diaryl/α,β-unsaturated/α-hetero) is 1. The molecule has 0 bridgehead atoms. The normalized spacial score (nSPS) is 34.3. The molecule has 1 heterocycles. The van der Waals surface area contributed by atoms with Crippen LogP contribution >= 0.6 is 0 Å². The van der Waals surface area contributed by atoms with Gasteiger partial charge in [-0.05, 0) is 36.2 Å². The van der Waals surface area contributed by atoms with Crippen LogP contribution in [0.3, 0.4) is 0 Å². The summed E-state index contributed by atoms with van der Waals surface area (Å²) in [6.07, 6.45) is 1.87. The molecule has 5 unspecified atom stereocenters. The first-order valence-electron chi connectivity index (χ1n) is 9.57. The predicted octanol–water partition coefficient (Wildman–Crippen LogP) is 2.80. The summed E-state index contributed by atoms with van der Waals surface area (Å²) in [5.41, 5.74) is 0.595. The van der Waals surface area contributed by atoms with Gasteiger partial charge in [-0.2, -0.15) is 0 Å². The van der Waals surface area contributed by atoms with Crippen LogP contribution in [-0.4, -0.2) is 42.4 Å². The molecule has 0 N–H and O–H groups in total. The van der Waals surface area contributed by atoms with Gasteiger partial charge in [-0.15, -0.1) is 0 Å². The van der Waals surface area contributed by atoms with Crippen molar-refractivity contribution in [2.45, 2.75) is 38.8 Å². The molecule has 6 heteroatoms. The maximum atomic E-state index is 12.6. The molecule has 27 heavy (non-hydrogen) atoms. The standard InChI is InChI=1S/C21H25NO5/c1-13-11-21(17(18(13)23)19(24)26-2)8-9-22(16-10-15(16)21)20(25)27-12-14-6-4-3-5-7-14/h3-7,13,15-17H,8-12H2,1-2H3. The lowest BCUT2D eigenvalue weighted by Gasteiger charge is -2.40. The fourth-order valence-corrected chi connectivity index (χ4v) is 5.29. The van der Waals surface area contributed by atoms with E-state index in [2.05, 4.69) is 0 Å². The van der Waals surface area contributed by atoms with Crippen LogP contribution in [0.2, 0.25) is 0 Å². The van der Waals surface area contributed by atoms with E-state index >= 15 is 0 Å². The zero-order valence-corrected chi connectivity index (χ0v) is 15.7. The molecular formula is C21H25NO5. The number of piperidine rings is 1. The molecule has 6 nitrogen and oxygen atoms in total. The highest BCUT2D eigenvalue weighted by Crippen LogP contribution is 2.64. The van der Waals surface area contributed by atoms with Gasteiger partial charge in [-0.1, -0.05) is 37.3 Å². The lowest BCUT2D eigenvalue weighted by molar-refractivity contribution is -0.154. The van der Waals surface area contributed by atoms with Crippen LogP contribution in [0, 0.1) is 23.2 Å². The Kier molecular flexibility index (Phi) is 4.44. The molecule has 1 aromatic rings. The van der Waals surface area contributed by atoms with Crippen molar-refractivity contribution < 1.29 is 23.9 Å². The average Bonchev–Trinajstić information content (AvgIpc) is 3.44. The minimum atomic E-state index is -0.685. The third-order valence-corrected chi connectivity index (χ3v) is 6.62. The second-order valence-electron chi connectivity index (χ2n) is 8.09. The van der Waals surface area contributed by atoms with Gasteiger partial charge in [0.15, 0.2) is 0 Å². The number of methoxy groups -OCH3 is 1. The number of fused-ring (bicyclic) bond motifs is 2. The quantitative estimate of drug-likeness (QED) is 0.603. The first-order chi connectivity index (χ1) is 13.0. The number of nitrogens with zero attached hydrogens (tertiary/aromatic N) is 1. The van der Waals surface area contributed by atoms with Gasteiger partial charge in [0.25, 0.3) is 0 Å². The largest absolute Gasteiger partial charge is 0.468 e. The van der Waals surface area contributed by atoms with Gasteiger partial charge in [0.05, 0.1) is 7.11 Å². The lowest BCUT2D eigenvalue weighted by Crippen LogP contribution is -2.48. The van der Waals surface area contributed by atoms with E-state index in [1.807, 2.05) is 37.3 Å². The molecule has 1 amide bonds. The SMILES string of the molecule is COC(=O)C1C(=O)C(C)CC12CCN(C(=O)OCc1ccccc1)C1CC12. The number of rotatable bonds is 3. The van der Waals surface area contributed by atoms with E-state index in [1.54, 1.807) is 4.90 Å². The molecule has 2 aliphatic carbocycles. The van der Waals surface area contributed by atoms with E-state index in [1.165, 1.54) is 7.11 Å². The minimum Gasteiger partial charge on any atom is -0.468 e. The van der Waals surface area contributed by atoms with Crippen LogP contribution in [0.25, 0.3) is 0 Å². The van der Waals surface area contributed by atoms with Crippen molar-refractivity contribution >= 4 is 17.8 Å². The molecule has 3 aliphatic rings. The van der Waals surface area contributed by atoms with Crippen LogP contribution in [-0.2, 0) is 25.7 Å².